The van der Waals surface area contributed by atoms with E-state index in [0.717, 1.165) is 58.4 Å². The summed E-state index contributed by atoms with van der Waals surface area (Å²) in [5.41, 5.74) is 6.64. The Bertz CT molecular complexity index is 1170. The van der Waals surface area contributed by atoms with Crippen LogP contribution in [0.3, 0.4) is 0 Å². The topological polar surface area (TPSA) is 25.4 Å². The lowest BCUT2D eigenvalue weighted by Gasteiger charge is -2.19. The molecule has 0 aliphatic heterocycles. The fourth-order valence-corrected chi connectivity index (χ4v) is 4.21. The number of benzene rings is 3. The third-order valence-corrected chi connectivity index (χ3v) is 6.40. The van der Waals surface area contributed by atoms with E-state index in [4.69, 9.17) is 9.72 Å². The first-order chi connectivity index (χ1) is 15.7. The van der Waals surface area contributed by atoms with Gasteiger partial charge in [0.15, 0.2) is 0 Å². The summed E-state index contributed by atoms with van der Waals surface area (Å²) in [6.07, 6.45) is 0. The Morgan fingerprint density at radius 3 is 2.34 bits per heavy atom. The summed E-state index contributed by atoms with van der Waals surface area (Å²) >= 11 is 3.56. The van der Waals surface area contributed by atoms with Gasteiger partial charge in [0.2, 0.25) is 0 Å². The van der Waals surface area contributed by atoms with Crippen LogP contribution in [0.2, 0.25) is 0 Å². The van der Waals surface area contributed by atoms with E-state index in [1.807, 2.05) is 18.2 Å². The summed E-state index contributed by atoms with van der Waals surface area (Å²) in [6, 6.07) is 27.4. The zero-order valence-corrected chi connectivity index (χ0v) is 20.3. The molecule has 3 nitrogen and oxygen atoms in total. The van der Waals surface area contributed by atoms with Crippen molar-refractivity contribution in [3.8, 4) is 17.0 Å². The molecule has 32 heavy (non-hydrogen) atoms. The van der Waals surface area contributed by atoms with Gasteiger partial charge in [-0.1, -0.05) is 84.4 Å². The molecule has 0 radical (unpaired) electrons. The number of hydrogen-bond acceptors (Lipinski definition) is 3. The Balaban J connectivity index is 1.75. The average Bonchev–Trinajstić information content (AvgIpc) is 2.86. The number of alkyl halides is 1. The maximum Gasteiger partial charge on any atom is 0.131 e. The Morgan fingerprint density at radius 2 is 1.59 bits per heavy atom. The molecule has 0 saturated carbocycles. The standard InChI is InChI=1S/C28H29BrN2O/c1-3-31(4-2)19-23-13-14-26-25(16-23)28(32-20-21-9-6-5-7-10-21)17-27(30-26)24-12-8-11-22(15-24)18-29/h5-17H,3-4,18-20H2,1-2H3. The molecular weight excluding hydrogens is 460 g/mol. The van der Waals surface area contributed by atoms with Gasteiger partial charge >= 0.3 is 0 Å². The first kappa shape index (κ1) is 22.5. The first-order valence-electron chi connectivity index (χ1n) is 11.2. The maximum absolute atomic E-state index is 6.37. The van der Waals surface area contributed by atoms with Gasteiger partial charge in [-0.2, -0.15) is 0 Å². The molecule has 3 aromatic carbocycles. The predicted octanol–water partition coefficient (Wildman–Crippen LogP) is 7.22. The van der Waals surface area contributed by atoms with Crippen molar-refractivity contribution in [2.45, 2.75) is 32.3 Å². The zero-order valence-electron chi connectivity index (χ0n) is 18.7. The predicted molar refractivity (Wildman–Crippen MR) is 137 cm³/mol. The molecule has 1 aromatic heterocycles. The van der Waals surface area contributed by atoms with Crippen LogP contribution in [-0.2, 0) is 18.5 Å². The monoisotopic (exact) mass is 488 g/mol. The van der Waals surface area contributed by atoms with Crippen molar-refractivity contribution in [2.75, 3.05) is 13.1 Å². The second-order valence-electron chi connectivity index (χ2n) is 7.93. The summed E-state index contributed by atoms with van der Waals surface area (Å²) in [7, 11) is 0. The second kappa shape index (κ2) is 10.8. The van der Waals surface area contributed by atoms with Gasteiger partial charge in [0.25, 0.3) is 0 Å². The molecule has 0 fully saturated rings. The van der Waals surface area contributed by atoms with E-state index in [1.165, 1.54) is 11.1 Å². The highest BCUT2D eigenvalue weighted by Gasteiger charge is 2.12. The van der Waals surface area contributed by atoms with Gasteiger partial charge in [0.05, 0.1) is 11.2 Å². The number of hydrogen-bond donors (Lipinski definition) is 0. The lowest BCUT2D eigenvalue weighted by atomic mass is 10.0. The van der Waals surface area contributed by atoms with E-state index in [2.05, 4.69) is 95.3 Å². The SMILES string of the molecule is CCN(CC)Cc1ccc2nc(-c3cccc(CBr)c3)cc(OCc3ccccc3)c2c1. The van der Waals surface area contributed by atoms with Gasteiger partial charge in [-0.15, -0.1) is 0 Å². The smallest absolute Gasteiger partial charge is 0.131 e. The van der Waals surface area contributed by atoms with Gasteiger partial charge < -0.3 is 4.74 Å². The van der Waals surface area contributed by atoms with Crippen LogP contribution in [0.4, 0.5) is 0 Å². The third-order valence-electron chi connectivity index (χ3n) is 5.75. The summed E-state index contributed by atoms with van der Waals surface area (Å²) in [4.78, 5) is 7.40. The number of pyridine rings is 1. The summed E-state index contributed by atoms with van der Waals surface area (Å²) in [5, 5.41) is 1.88. The highest BCUT2D eigenvalue weighted by atomic mass is 79.9. The molecule has 0 unspecified atom stereocenters. The number of fused-ring (bicyclic) bond motifs is 1. The average molecular weight is 489 g/mol. The highest BCUT2D eigenvalue weighted by Crippen LogP contribution is 2.32. The Kier molecular flexibility index (Phi) is 7.56. The molecule has 4 aromatic rings. The normalized spacial score (nSPS) is 11.2. The first-order valence-corrected chi connectivity index (χ1v) is 12.3. The molecule has 0 atom stereocenters. The second-order valence-corrected chi connectivity index (χ2v) is 8.49. The van der Waals surface area contributed by atoms with Crippen LogP contribution in [-0.4, -0.2) is 23.0 Å². The number of rotatable bonds is 9. The van der Waals surface area contributed by atoms with Gasteiger partial charge in [-0.25, -0.2) is 4.98 Å². The molecule has 0 saturated heterocycles. The van der Waals surface area contributed by atoms with Crippen molar-refractivity contribution in [1.29, 1.82) is 0 Å². The quantitative estimate of drug-likeness (QED) is 0.232. The number of halogens is 1. The van der Waals surface area contributed by atoms with Gasteiger partial charge in [-0.3, -0.25) is 4.90 Å². The minimum atomic E-state index is 0.529. The molecule has 0 aliphatic rings. The van der Waals surface area contributed by atoms with Crippen molar-refractivity contribution < 1.29 is 4.74 Å². The van der Waals surface area contributed by atoms with E-state index < -0.39 is 0 Å². The van der Waals surface area contributed by atoms with Crippen molar-refractivity contribution in [2.24, 2.45) is 0 Å². The third kappa shape index (κ3) is 5.37. The van der Waals surface area contributed by atoms with Crippen molar-refractivity contribution in [3.63, 3.8) is 0 Å². The highest BCUT2D eigenvalue weighted by molar-refractivity contribution is 9.08. The minimum Gasteiger partial charge on any atom is -0.488 e. The molecule has 0 bridgehead atoms. The number of ether oxygens (including phenoxy) is 1. The number of aromatic nitrogens is 1. The summed E-state index contributed by atoms with van der Waals surface area (Å²) < 4.78 is 6.37. The molecule has 0 amide bonds. The molecular formula is C28H29BrN2O. The lowest BCUT2D eigenvalue weighted by molar-refractivity contribution is 0.296. The van der Waals surface area contributed by atoms with Crippen LogP contribution in [0.5, 0.6) is 5.75 Å². The van der Waals surface area contributed by atoms with Crippen LogP contribution >= 0.6 is 15.9 Å². The Morgan fingerprint density at radius 1 is 0.812 bits per heavy atom. The van der Waals surface area contributed by atoms with Crippen LogP contribution in [0.15, 0.2) is 78.9 Å². The lowest BCUT2D eigenvalue weighted by Crippen LogP contribution is -2.22. The fraction of sp³-hybridized carbons (Fsp3) is 0.250. The van der Waals surface area contributed by atoms with E-state index in [1.54, 1.807) is 0 Å². The summed E-state index contributed by atoms with van der Waals surface area (Å²) in [5.74, 6) is 0.875. The van der Waals surface area contributed by atoms with Crippen molar-refractivity contribution >= 4 is 26.8 Å². The molecule has 4 rings (SSSR count). The minimum absolute atomic E-state index is 0.529. The molecule has 1 heterocycles. The molecule has 0 N–H and O–H groups in total. The number of nitrogens with zero attached hydrogens (tertiary/aromatic N) is 2. The fourth-order valence-electron chi connectivity index (χ4n) is 3.86. The van der Waals surface area contributed by atoms with E-state index in [9.17, 15) is 0 Å². The van der Waals surface area contributed by atoms with Crippen LogP contribution < -0.4 is 4.74 Å². The van der Waals surface area contributed by atoms with Crippen LogP contribution in [0, 0.1) is 0 Å². The molecule has 0 aliphatic carbocycles. The Labute approximate surface area is 199 Å². The molecule has 0 spiro atoms. The van der Waals surface area contributed by atoms with Crippen LogP contribution in [0.1, 0.15) is 30.5 Å². The van der Waals surface area contributed by atoms with E-state index in [0.29, 0.717) is 6.61 Å². The molecule has 4 heteroatoms. The summed E-state index contributed by atoms with van der Waals surface area (Å²) in [6.45, 7) is 7.93. The van der Waals surface area contributed by atoms with Crippen LogP contribution in [0.25, 0.3) is 22.2 Å². The van der Waals surface area contributed by atoms with Gasteiger partial charge in [0, 0.05) is 28.9 Å². The van der Waals surface area contributed by atoms with Gasteiger partial charge in [0.1, 0.15) is 12.4 Å². The Hall–Kier alpha value is -2.69. The zero-order chi connectivity index (χ0) is 22.3. The molecule has 164 valence electrons. The van der Waals surface area contributed by atoms with E-state index >= 15 is 0 Å². The maximum atomic E-state index is 6.37. The van der Waals surface area contributed by atoms with Crippen molar-refractivity contribution in [1.82, 2.24) is 9.88 Å². The van der Waals surface area contributed by atoms with E-state index in [-0.39, 0.29) is 0 Å². The van der Waals surface area contributed by atoms with Gasteiger partial charge in [-0.05, 0) is 48.0 Å². The van der Waals surface area contributed by atoms with Crippen molar-refractivity contribution in [3.05, 3.63) is 95.6 Å². The largest absolute Gasteiger partial charge is 0.488 e.